The van der Waals surface area contributed by atoms with E-state index in [1.165, 1.54) is 29.1 Å². The largest absolute Gasteiger partial charge is 0.467 e. The third-order valence-electron chi connectivity index (χ3n) is 5.89. The first-order valence-corrected chi connectivity index (χ1v) is 12.0. The lowest BCUT2D eigenvalue weighted by Gasteiger charge is -2.21. The van der Waals surface area contributed by atoms with Gasteiger partial charge in [-0.15, -0.1) is 11.3 Å². The van der Waals surface area contributed by atoms with Gasteiger partial charge in [0.15, 0.2) is 11.6 Å². The number of nitrogens with zero attached hydrogens (tertiary/aromatic N) is 2. The van der Waals surface area contributed by atoms with Gasteiger partial charge in [0.25, 0.3) is 5.56 Å². The molecule has 37 heavy (non-hydrogen) atoms. The van der Waals surface area contributed by atoms with E-state index in [2.05, 4.69) is 5.16 Å². The van der Waals surface area contributed by atoms with E-state index in [4.69, 9.17) is 14.0 Å². The minimum absolute atomic E-state index is 0.166. The van der Waals surface area contributed by atoms with Gasteiger partial charge >= 0.3 is 5.95 Å². The molecule has 1 N–H and O–H groups in total. The summed E-state index contributed by atoms with van der Waals surface area (Å²) < 4.78 is 45.9. The van der Waals surface area contributed by atoms with Crippen molar-refractivity contribution in [3.05, 3.63) is 82.3 Å². The maximum absolute atomic E-state index is 14.5. The normalized spacial score (nSPS) is 11.8. The predicted octanol–water partition coefficient (Wildman–Crippen LogP) is 6.23. The maximum atomic E-state index is 14.5. The number of aromatic nitrogens is 2. The molecule has 0 atom stereocenters. The van der Waals surface area contributed by atoms with Crippen LogP contribution < -0.4 is 15.0 Å². The number of fused-ring (bicyclic) bond motifs is 1. The summed E-state index contributed by atoms with van der Waals surface area (Å²) in [5.74, 6) is -1.26. The van der Waals surface area contributed by atoms with Gasteiger partial charge in [0.2, 0.25) is 0 Å². The molecule has 0 aliphatic carbocycles. The highest BCUT2D eigenvalue weighted by Gasteiger charge is 2.23. The smallest absolute Gasteiger partial charge is 0.311 e. The Morgan fingerprint density at radius 2 is 1.81 bits per heavy atom. The molecule has 5 aromatic rings. The Hall–Kier alpha value is -4.02. The van der Waals surface area contributed by atoms with Crippen molar-refractivity contribution in [2.75, 3.05) is 7.11 Å². The van der Waals surface area contributed by atoms with Crippen LogP contribution in [0.2, 0.25) is 0 Å². The maximum Gasteiger partial charge on any atom is 0.311 e. The molecule has 10 heteroatoms. The lowest BCUT2D eigenvalue weighted by Crippen LogP contribution is -2.16. The number of thiophene rings is 1. The van der Waals surface area contributed by atoms with Crippen molar-refractivity contribution in [2.45, 2.75) is 19.4 Å². The first-order valence-electron chi connectivity index (χ1n) is 11.2. The molecule has 0 aliphatic rings. The summed E-state index contributed by atoms with van der Waals surface area (Å²) in [6, 6.07) is 11.5. The molecular formula is C27H22F2N2O5S. The van der Waals surface area contributed by atoms with E-state index in [-0.39, 0.29) is 23.0 Å². The highest BCUT2D eigenvalue weighted by atomic mass is 32.1. The molecule has 190 valence electrons. The molecular weight excluding hydrogens is 502 g/mol. The number of aliphatic hydroxyl groups is 1. The summed E-state index contributed by atoms with van der Waals surface area (Å²) in [4.78, 5) is 13.7. The molecule has 0 fully saturated rings. The molecule has 0 saturated heterocycles. The van der Waals surface area contributed by atoms with Crippen molar-refractivity contribution in [3.8, 4) is 39.1 Å². The monoisotopic (exact) mass is 524 g/mol. The van der Waals surface area contributed by atoms with E-state index >= 15 is 0 Å². The van der Waals surface area contributed by atoms with Crippen LogP contribution in [-0.4, -0.2) is 21.9 Å². The highest BCUT2D eigenvalue weighted by Crippen LogP contribution is 2.42. The second-order valence-corrected chi connectivity index (χ2v) is 10.0. The van der Waals surface area contributed by atoms with Crippen molar-refractivity contribution in [2.24, 2.45) is 7.05 Å². The second-order valence-electron chi connectivity index (χ2n) is 8.99. The van der Waals surface area contributed by atoms with Gasteiger partial charge in [0.1, 0.15) is 22.0 Å². The molecule has 7 nitrogen and oxygen atoms in total. The van der Waals surface area contributed by atoms with Crippen LogP contribution in [0.5, 0.6) is 17.4 Å². The first kappa shape index (κ1) is 24.7. The van der Waals surface area contributed by atoms with Crippen LogP contribution >= 0.6 is 11.3 Å². The fraction of sp³-hybridized carbons (Fsp3) is 0.185. The summed E-state index contributed by atoms with van der Waals surface area (Å²) in [6.45, 7) is 3.28. The van der Waals surface area contributed by atoms with E-state index in [1.807, 2.05) is 6.07 Å². The molecule has 0 bridgehead atoms. The molecule has 0 aliphatic heterocycles. The summed E-state index contributed by atoms with van der Waals surface area (Å²) in [6.07, 6.45) is 1.65. The van der Waals surface area contributed by atoms with Crippen molar-refractivity contribution < 1.29 is 27.9 Å². The molecule has 0 spiro atoms. The minimum Gasteiger partial charge on any atom is -0.467 e. The molecule has 3 aromatic heterocycles. The number of aryl methyl sites for hydroxylation is 1. The van der Waals surface area contributed by atoms with Crippen molar-refractivity contribution >= 4 is 21.4 Å². The van der Waals surface area contributed by atoms with Crippen molar-refractivity contribution in [1.82, 2.24) is 9.72 Å². The molecule has 0 amide bonds. The number of ether oxygens (including phenoxy) is 2. The second kappa shape index (κ2) is 9.13. The van der Waals surface area contributed by atoms with Crippen LogP contribution in [0.1, 0.15) is 19.4 Å². The summed E-state index contributed by atoms with van der Waals surface area (Å²) in [5, 5.41) is 15.3. The Morgan fingerprint density at radius 3 is 2.49 bits per heavy atom. The van der Waals surface area contributed by atoms with Crippen LogP contribution in [0.3, 0.4) is 0 Å². The standard InChI is InChI=1S/C27H22F2N2O5S/c1-27(2,33)14-5-7-21(35-22-8-6-15(28)10-19(22)29)16(9-14)18-13-31(3)26(32)25-17(18)11-23(37-25)20-12-24(34-4)36-30-20/h5-13,33H,1-4H3. The van der Waals surface area contributed by atoms with E-state index in [1.54, 1.807) is 51.4 Å². The number of hydrogen-bond acceptors (Lipinski definition) is 7. The van der Waals surface area contributed by atoms with E-state index < -0.39 is 17.2 Å². The van der Waals surface area contributed by atoms with Gasteiger partial charge < -0.3 is 23.7 Å². The van der Waals surface area contributed by atoms with Gasteiger partial charge in [-0.25, -0.2) is 8.78 Å². The predicted molar refractivity (Wildman–Crippen MR) is 136 cm³/mol. The Bertz CT molecular complexity index is 1700. The van der Waals surface area contributed by atoms with Gasteiger partial charge in [0.05, 0.1) is 23.7 Å². The summed E-state index contributed by atoms with van der Waals surface area (Å²) in [5.41, 5.74) is 0.792. The zero-order valence-corrected chi connectivity index (χ0v) is 21.2. The molecule has 0 saturated carbocycles. The first-order chi connectivity index (χ1) is 17.5. The number of methoxy groups -OCH3 is 1. The lowest BCUT2D eigenvalue weighted by molar-refractivity contribution is 0.0786. The third-order valence-corrected chi connectivity index (χ3v) is 7.04. The highest BCUT2D eigenvalue weighted by molar-refractivity contribution is 7.22. The number of rotatable bonds is 6. The van der Waals surface area contributed by atoms with Gasteiger partial charge in [0, 0.05) is 35.8 Å². The zero-order chi connectivity index (χ0) is 26.5. The minimum atomic E-state index is -1.19. The van der Waals surface area contributed by atoms with Crippen LogP contribution in [0.15, 0.2) is 64.0 Å². The molecule has 0 radical (unpaired) electrons. The zero-order valence-electron chi connectivity index (χ0n) is 20.3. The Kier molecular flexibility index (Phi) is 6.09. The quantitative estimate of drug-likeness (QED) is 0.283. The topological polar surface area (TPSA) is 86.7 Å². The fourth-order valence-electron chi connectivity index (χ4n) is 3.93. The number of pyridine rings is 1. The molecule has 5 rings (SSSR count). The lowest BCUT2D eigenvalue weighted by atomic mass is 9.93. The molecule has 2 aromatic carbocycles. The average molecular weight is 525 g/mol. The van der Waals surface area contributed by atoms with E-state index in [0.717, 1.165) is 12.1 Å². The van der Waals surface area contributed by atoms with Crippen molar-refractivity contribution in [3.63, 3.8) is 0 Å². The summed E-state index contributed by atoms with van der Waals surface area (Å²) in [7, 11) is 3.09. The Morgan fingerprint density at radius 1 is 1.05 bits per heavy atom. The molecule has 3 heterocycles. The van der Waals surface area contributed by atoms with E-state index in [9.17, 15) is 18.7 Å². The van der Waals surface area contributed by atoms with Gasteiger partial charge in [-0.1, -0.05) is 11.2 Å². The van der Waals surface area contributed by atoms with Crippen LogP contribution in [-0.2, 0) is 12.6 Å². The summed E-state index contributed by atoms with van der Waals surface area (Å²) >= 11 is 1.24. The van der Waals surface area contributed by atoms with Crippen LogP contribution in [0.4, 0.5) is 8.78 Å². The van der Waals surface area contributed by atoms with Gasteiger partial charge in [-0.05, 0) is 49.7 Å². The fourth-order valence-corrected chi connectivity index (χ4v) is 5.04. The van der Waals surface area contributed by atoms with Gasteiger partial charge in [-0.2, -0.15) is 0 Å². The SMILES string of the molecule is COc1cc(-c2cc3c(-c4cc(C(C)(C)O)ccc4Oc4ccc(F)cc4F)cn(C)c(=O)c3s2)no1. The molecule has 0 unspecified atom stereocenters. The third kappa shape index (κ3) is 4.61. The number of hydrogen-bond donors (Lipinski definition) is 1. The Balaban J connectivity index is 1.75. The number of halogens is 2. The average Bonchev–Trinajstić information content (AvgIpc) is 3.50. The van der Waals surface area contributed by atoms with Gasteiger partial charge in [-0.3, -0.25) is 4.79 Å². The van der Waals surface area contributed by atoms with Crippen LogP contribution in [0.25, 0.3) is 31.8 Å². The van der Waals surface area contributed by atoms with E-state index in [0.29, 0.717) is 37.3 Å². The van der Waals surface area contributed by atoms with Crippen LogP contribution in [0, 0.1) is 11.6 Å². The Labute approximate surface area is 214 Å². The number of benzene rings is 2. The van der Waals surface area contributed by atoms with Crippen molar-refractivity contribution in [1.29, 1.82) is 0 Å².